The van der Waals surface area contributed by atoms with Crippen LogP contribution < -0.4 is 5.32 Å². The molecule has 0 fully saturated rings. The highest BCUT2D eigenvalue weighted by atomic mass is 19.1. The highest BCUT2D eigenvalue weighted by molar-refractivity contribution is 5.98. The van der Waals surface area contributed by atoms with Crippen molar-refractivity contribution >= 4 is 11.8 Å². The summed E-state index contributed by atoms with van der Waals surface area (Å²) in [5, 5.41) is 2.94. The first-order valence-electron chi connectivity index (χ1n) is 9.98. The van der Waals surface area contributed by atoms with Gasteiger partial charge in [-0.05, 0) is 41.8 Å². The summed E-state index contributed by atoms with van der Waals surface area (Å²) >= 11 is 0. The normalized spacial score (nSPS) is 13.8. The van der Waals surface area contributed by atoms with Crippen molar-refractivity contribution in [2.24, 2.45) is 0 Å². The Hall–Kier alpha value is -3.47. The predicted molar refractivity (Wildman–Crippen MR) is 113 cm³/mol. The van der Waals surface area contributed by atoms with Crippen LogP contribution in [0.1, 0.15) is 45.1 Å². The van der Waals surface area contributed by atoms with Crippen LogP contribution in [0.5, 0.6) is 0 Å². The number of rotatable bonds is 6. The molecule has 0 spiro atoms. The molecule has 1 N–H and O–H groups in total. The molecule has 152 valence electrons. The highest BCUT2D eigenvalue weighted by Gasteiger charge is 2.34. The van der Waals surface area contributed by atoms with Crippen molar-refractivity contribution in [3.8, 4) is 0 Å². The van der Waals surface area contributed by atoms with Gasteiger partial charge in [0.05, 0.1) is 12.5 Å². The number of hydrogen-bond donors (Lipinski definition) is 1. The lowest BCUT2D eigenvalue weighted by molar-refractivity contribution is -0.122. The van der Waals surface area contributed by atoms with Gasteiger partial charge in [0.25, 0.3) is 5.91 Å². The van der Waals surface area contributed by atoms with Crippen LogP contribution in [0.4, 0.5) is 4.39 Å². The Kier molecular flexibility index (Phi) is 5.61. The molecule has 4 rings (SSSR count). The number of fused-ring (bicyclic) bond motifs is 1. The van der Waals surface area contributed by atoms with E-state index in [0.717, 1.165) is 22.3 Å². The van der Waals surface area contributed by atoms with E-state index in [0.29, 0.717) is 18.7 Å². The lowest BCUT2D eigenvalue weighted by atomic mass is 10.0. The number of carbonyl (C=O) groups is 2. The SMILES string of the molecule is Cc1ccc(CNC(=O)CC(c2ccc(F)cc2)N2Cc3ccccc3C2=O)cc1. The van der Waals surface area contributed by atoms with E-state index < -0.39 is 6.04 Å². The molecule has 5 heteroatoms. The lowest BCUT2D eigenvalue weighted by Crippen LogP contribution is -2.34. The van der Waals surface area contributed by atoms with Gasteiger partial charge >= 0.3 is 0 Å². The van der Waals surface area contributed by atoms with Crippen LogP contribution in [0.15, 0.2) is 72.8 Å². The topological polar surface area (TPSA) is 49.4 Å². The van der Waals surface area contributed by atoms with E-state index in [1.807, 2.05) is 49.4 Å². The molecule has 0 aliphatic carbocycles. The fraction of sp³-hybridized carbons (Fsp3) is 0.200. The fourth-order valence-electron chi connectivity index (χ4n) is 3.78. The van der Waals surface area contributed by atoms with Gasteiger partial charge in [-0.25, -0.2) is 4.39 Å². The van der Waals surface area contributed by atoms with Crippen LogP contribution in [0.3, 0.4) is 0 Å². The van der Waals surface area contributed by atoms with Crippen LogP contribution in [0.25, 0.3) is 0 Å². The Morgan fingerprint density at radius 2 is 1.73 bits per heavy atom. The van der Waals surface area contributed by atoms with Crippen molar-refractivity contribution in [2.75, 3.05) is 0 Å². The molecule has 3 aromatic carbocycles. The van der Waals surface area contributed by atoms with Gasteiger partial charge in [0.2, 0.25) is 5.91 Å². The summed E-state index contributed by atoms with van der Waals surface area (Å²) in [6, 6.07) is 21.0. The molecule has 4 nitrogen and oxygen atoms in total. The van der Waals surface area contributed by atoms with E-state index in [1.165, 1.54) is 12.1 Å². The first kappa shape index (κ1) is 19.8. The summed E-state index contributed by atoms with van der Waals surface area (Å²) in [6.45, 7) is 2.87. The first-order valence-corrected chi connectivity index (χ1v) is 9.98. The van der Waals surface area contributed by atoms with E-state index in [-0.39, 0.29) is 24.1 Å². The van der Waals surface area contributed by atoms with Gasteiger partial charge in [-0.15, -0.1) is 0 Å². The summed E-state index contributed by atoms with van der Waals surface area (Å²) in [5.74, 6) is -0.614. The standard InChI is InChI=1S/C25H23FN2O2/c1-17-6-8-18(9-7-17)15-27-24(29)14-23(19-10-12-21(26)13-11-19)28-16-20-4-2-3-5-22(20)25(28)30/h2-13,23H,14-16H2,1H3,(H,27,29). The molecule has 3 aromatic rings. The van der Waals surface area contributed by atoms with Crippen molar-refractivity contribution in [3.63, 3.8) is 0 Å². The van der Waals surface area contributed by atoms with Crippen molar-refractivity contribution in [2.45, 2.75) is 32.5 Å². The molecular formula is C25H23FN2O2. The Balaban J connectivity index is 1.52. The molecule has 1 atom stereocenters. The predicted octanol–water partition coefficient (Wildman–Crippen LogP) is 4.54. The monoisotopic (exact) mass is 402 g/mol. The highest BCUT2D eigenvalue weighted by Crippen LogP contribution is 2.33. The largest absolute Gasteiger partial charge is 0.352 e. The third-order valence-corrected chi connectivity index (χ3v) is 5.47. The molecule has 0 radical (unpaired) electrons. The Morgan fingerprint density at radius 1 is 1.03 bits per heavy atom. The summed E-state index contributed by atoms with van der Waals surface area (Å²) < 4.78 is 13.5. The number of nitrogens with zero attached hydrogens (tertiary/aromatic N) is 1. The van der Waals surface area contributed by atoms with E-state index in [9.17, 15) is 14.0 Å². The van der Waals surface area contributed by atoms with Crippen LogP contribution >= 0.6 is 0 Å². The third kappa shape index (κ3) is 4.25. The van der Waals surface area contributed by atoms with Gasteiger partial charge in [-0.2, -0.15) is 0 Å². The second kappa shape index (κ2) is 8.49. The minimum absolute atomic E-state index is 0.105. The summed E-state index contributed by atoms with van der Waals surface area (Å²) in [6.07, 6.45) is 0.108. The van der Waals surface area contributed by atoms with Crippen molar-refractivity contribution < 1.29 is 14.0 Å². The smallest absolute Gasteiger partial charge is 0.255 e. The van der Waals surface area contributed by atoms with Gasteiger partial charge in [0.15, 0.2) is 0 Å². The number of hydrogen-bond acceptors (Lipinski definition) is 2. The maximum atomic E-state index is 13.5. The van der Waals surface area contributed by atoms with Crippen LogP contribution in [-0.2, 0) is 17.9 Å². The molecule has 0 aromatic heterocycles. The molecule has 0 saturated carbocycles. The molecule has 30 heavy (non-hydrogen) atoms. The maximum absolute atomic E-state index is 13.5. The van der Waals surface area contributed by atoms with E-state index in [2.05, 4.69) is 5.32 Å². The van der Waals surface area contributed by atoms with E-state index in [1.54, 1.807) is 23.1 Å². The number of carbonyl (C=O) groups excluding carboxylic acids is 2. The van der Waals surface area contributed by atoms with Crippen LogP contribution in [0.2, 0.25) is 0 Å². The minimum atomic E-state index is -0.469. The van der Waals surface area contributed by atoms with Crippen LogP contribution in [-0.4, -0.2) is 16.7 Å². The van der Waals surface area contributed by atoms with Gasteiger partial charge in [0.1, 0.15) is 5.82 Å². The molecule has 0 saturated heterocycles. The van der Waals surface area contributed by atoms with Crippen molar-refractivity contribution in [1.29, 1.82) is 0 Å². The van der Waals surface area contributed by atoms with E-state index >= 15 is 0 Å². The molecule has 1 heterocycles. The van der Waals surface area contributed by atoms with Crippen molar-refractivity contribution in [3.05, 3.63) is 106 Å². The second-order valence-electron chi connectivity index (χ2n) is 7.62. The molecule has 0 bridgehead atoms. The number of halogens is 1. The molecule has 1 aliphatic rings. The summed E-state index contributed by atoms with van der Waals surface area (Å²) in [7, 11) is 0. The number of aryl methyl sites for hydroxylation is 1. The summed E-state index contributed by atoms with van der Waals surface area (Å²) in [4.78, 5) is 27.4. The zero-order valence-electron chi connectivity index (χ0n) is 16.8. The molecular weight excluding hydrogens is 379 g/mol. The molecule has 1 unspecified atom stereocenters. The number of benzene rings is 3. The van der Waals surface area contributed by atoms with Crippen molar-refractivity contribution in [1.82, 2.24) is 10.2 Å². The summed E-state index contributed by atoms with van der Waals surface area (Å²) in [5.41, 5.74) is 4.51. The zero-order chi connectivity index (χ0) is 21.1. The Labute approximate surface area is 175 Å². The average Bonchev–Trinajstić information content (AvgIpc) is 3.09. The van der Waals surface area contributed by atoms with Gasteiger partial charge in [-0.1, -0.05) is 60.2 Å². The van der Waals surface area contributed by atoms with Gasteiger partial charge < -0.3 is 10.2 Å². The zero-order valence-corrected chi connectivity index (χ0v) is 16.8. The lowest BCUT2D eigenvalue weighted by Gasteiger charge is -2.28. The second-order valence-corrected chi connectivity index (χ2v) is 7.62. The maximum Gasteiger partial charge on any atom is 0.255 e. The van der Waals surface area contributed by atoms with Gasteiger partial charge in [0, 0.05) is 18.7 Å². The third-order valence-electron chi connectivity index (χ3n) is 5.47. The molecule has 2 amide bonds. The van der Waals surface area contributed by atoms with E-state index in [4.69, 9.17) is 0 Å². The van der Waals surface area contributed by atoms with Gasteiger partial charge in [-0.3, -0.25) is 9.59 Å². The number of amides is 2. The average molecular weight is 402 g/mol. The quantitative estimate of drug-likeness (QED) is 0.658. The number of nitrogens with one attached hydrogen (secondary N) is 1. The van der Waals surface area contributed by atoms with Crippen LogP contribution in [0, 0.1) is 12.7 Å². The fourth-order valence-corrected chi connectivity index (χ4v) is 3.78. The Morgan fingerprint density at radius 3 is 2.43 bits per heavy atom. The molecule has 1 aliphatic heterocycles. The Bertz CT molecular complexity index is 1060. The minimum Gasteiger partial charge on any atom is -0.352 e. The first-order chi connectivity index (χ1) is 14.5.